The lowest BCUT2D eigenvalue weighted by atomic mass is 9.52. The summed E-state index contributed by atoms with van der Waals surface area (Å²) >= 11 is 0. The van der Waals surface area contributed by atoms with E-state index in [1.807, 2.05) is 13.8 Å². The van der Waals surface area contributed by atoms with Crippen LogP contribution in [0.4, 0.5) is 0 Å². The molecule has 1 aliphatic carbocycles. The van der Waals surface area contributed by atoms with Crippen molar-refractivity contribution < 1.29 is 66.7 Å². The molecule has 0 aromatic heterocycles. The lowest BCUT2D eigenvalue weighted by molar-refractivity contribution is -0.294. The highest BCUT2D eigenvalue weighted by molar-refractivity contribution is 5.77. The summed E-state index contributed by atoms with van der Waals surface area (Å²) in [5, 5.41) is 0. The third kappa shape index (κ3) is 8.28. The van der Waals surface area contributed by atoms with Gasteiger partial charge >= 0.3 is 35.8 Å². The van der Waals surface area contributed by atoms with Crippen molar-refractivity contribution in [2.75, 3.05) is 0 Å². The molecule has 0 N–H and O–H groups in total. The summed E-state index contributed by atoms with van der Waals surface area (Å²) in [6.45, 7) is 20.1. The second-order valence-electron chi connectivity index (χ2n) is 15.5. The minimum atomic E-state index is -1.22. The van der Waals surface area contributed by atoms with Crippen LogP contribution in [0, 0.1) is 11.3 Å². The Hall–Kier alpha value is -4.46. The van der Waals surface area contributed by atoms with Crippen molar-refractivity contribution in [3.8, 4) is 17.2 Å². The first-order valence-corrected chi connectivity index (χ1v) is 18.2. The van der Waals surface area contributed by atoms with Crippen LogP contribution in [-0.4, -0.2) is 71.4 Å². The molecule has 0 radical (unpaired) electrons. The van der Waals surface area contributed by atoms with E-state index in [1.54, 1.807) is 40.7 Å². The molecule has 0 spiro atoms. The first-order chi connectivity index (χ1) is 25.0. The quantitative estimate of drug-likeness (QED) is 0.115. The highest BCUT2D eigenvalue weighted by Gasteiger charge is 2.69. The van der Waals surface area contributed by atoms with Crippen LogP contribution in [0.3, 0.4) is 0 Å². The van der Waals surface area contributed by atoms with Gasteiger partial charge in [-0.1, -0.05) is 19.9 Å². The van der Waals surface area contributed by atoms with Gasteiger partial charge in [-0.25, -0.2) is 0 Å². The van der Waals surface area contributed by atoms with Crippen molar-refractivity contribution in [3.05, 3.63) is 28.8 Å². The van der Waals surface area contributed by atoms with Gasteiger partial charge in [-0.05, 0) is 59.1 Å². The Labute approximate surface area is 316 Å². The predicted molar refractivity (Wildman–Crippen MR) is 192 cm³/mol. The molecule has 2 heterocycles. The third-order valence-corrected chi connectivity index (χ3v) is 11.0. The summed E-state index contributed by atoms with van der Waals surface area (Å²) < 4.78 is 49.2. The number of fused-ring (bicyclic) bond motifs is 4. The van der Waals surface area contributed by atoms with E-state index in [9.17, 15) is 28.8 Å². The summed E-state index contributed by atoms with van der Waals surface area (Å²) in [4.78, 5) is 75.8. The van der Waals surface area contributed by atoms with Crippen LogP contribution in [0.5, 0.6) is 17.2 Å². The summed E-state index contributed by atoms with van der Waals surface area (Å²) in [7, 11) is 0. The second kappa shape index (κ2) is 15.7. The van der Waals surface area contributed by atoms with E-state index in [-0.39, 0.29) is 29.2 Å². The lowest BCUT2D eigenvalue weighted by Crippen LogP contribution is -2.69. The maximum Gasteiger partial charge on any atom is 0.308 e. The van der Waals surface area contributed by atoms with E-state index in [0.29, 0.717) is 24.0 Å². The van der Waals surface area contributed by atoms with Gasteiger partial charge in [0.05, 0.1) is 17.6 Å². The molecule has 54 heavy (non-hydrogen) atoms. The number of rotatable bonds is 10. The highest BCUT2D eigenvalue weighted by atomic mass is 16.6. The van der Waals surface area contributed by atoms with Crippen molar-refractivity contribution in [1.29, 1.82) is 0 Å². The van der Waals surface area contributed by atoms with Gasteiger partial charge < -0.3 is 37.9 Å². The van der Waals surface area contributed by atoms with Crippen molar-refractivity contribution in [3.63, 3.8) is 0 Å². The fourth-order valence-electron chi connectivity index (χ4n) is 8.74. The predicted octanol–water partition coefficient (Wildman–Crippen LogP) is 6.14. The molecular weight excluding hydrogens is 704 g/mol. The van der Waals surface area contributed by atoms with E-state index in [0.717, 1.165) is 0 Å². The number of hydrogen-bond donors (Lipinski definition) is 0. The van der Waals surface area contributed by atoms with Gasteiger partial charge in [-0.15, -0.1) is 0 Å². The largest absolute Gasteiger partial charge is 0.483 e. The topological polar surface area (TPSA) is 176 Å². The molecule has 4 rings (SSSR count). The highest BCUT2D eigenvalue weighted by Crippen LogP contribution is 2.66. The molecule has 1 aromatic carbocycles. The fraction of sp³-hybridized carbons (Fsp3) is 0.650. The Bertz CT molecular complexity index is 1730. The number of allylic oxidation sites excluding steroid dienone is 1. The van der Waals surface area contributed by atoms with Gasteiger partial charge in [0.25, 0.3) is 0 Å². The third-order valence-electron chi connectivity index (χ3n) is 11.0. The van der Waals surface area contributed by atoms with Gasteiger partial charge in [-0.2, -0.15) is 0 Å². The lowest BCUT2D eigenvalue weighted by Gasteiger charge is -2.63. The van der Waals surface area contributed by atoms with Crippen LogP contribution in [0.25, 0.3) is 0 Å². The molecule has 0 unspecified atom stereocenters. The number of ether oxygens (including phenoxy) is 8. The first kappa shape index (κ1) is 42.3. The Morgan fingerprint density at radius 3 is 2.00 bits per heavy atom. The zero-order valence-electron chi connectivity index (χ0n) is 33.5. The number of hydrogen-bond acceptors (Lipinski definition) is 14. The summed E-state index contributed by atoms with van der Waals surface area (Å²) in [5.74, 6) is -5.21. The smallest absolute Gasteiger partial charge is 0.308 e. The molecule has 14 nitrogen and oxygen atoms in total. The Morgan fingerprint density at radius 1 is 0.870 bits per heavy atom. The van der Waals surface area contributed by atoms with Gasteiger partial charge in [0.1, 0.15) is 41.4 Å². The molecule has 1 saturated heterocycles. The molecule has 3 aliphatic rings. The van der Waals surface area contributed by atoms with Crippen LogP contribution < -0.4 is 14.2 Å². The SMILES string of the molecule is C/C=C(\C)[C@@H](OC(C)=O)[C@@H](C)c1cc(OC(C)=O)c2c(c1OC(C)=O)O[C@]1(C)CC[C@H]3O[C@@H](C(C)(C)OC(C)=O)C[C@H](OC(C)=O)[C@]3(C)[C@H]1[C@@H]2OC(C)=O. The Kier molecular flexibility index (Phi) is 12.3. The van der Waals surface area contributed by atoms with E-state index in [2.05, 4.69) is 0 Å². The molecule has 9 atom stereocenters. The van der Waals surface area contributed by atoms with Crippen LogP contribution in [-0.2, 0) is 52.5 Å². The van der Waals surface area contributed by atoms with Crippen LogP contribution in [0.15, 0.2) is 17.7 Å². The number of esters is 6. The molecule has 0 bridgehead atoms. The molecule has 2 fully saturated rings. The maximum atomic E-state index is 13.1. The van der Waals surface area contributed by atoms with Gasteiger partial charge in [0.15, 0.2) is 11.5 Å². The van der Waals surface area contributed by atoms with Crippen molar-refractivity contribution >= 4 is 35.8 Å². The minimum absolute atomic E-state index is 0.00666. The average Bonchev–Trinajstić information content (AvgIpc) is 3.02. The Morgan fingerprint density at radius 2 is 1.48 bits per heavy atom. The van der Waals surface area contributed by atoms with E-state index < -0.39 is 94.8 Å². The molecule has 1 saturated carbocycles. The Balaban J connectivity index is 2.06. The number of benzene rings is 1. The van der Waals surface area contributed by atoms with Gasteiger partial charge in [-0.3, -0.25) is 28.8 Å². The van der Waals surface area contributed by atoms with Crippen molar-refractivity contribution in [2.45, 2.75) is 157 Å². The molecule has 14 heteroatoms. The molecule has 0 amide bonds. The van der Waals surface area contributed by atoms with Crippen molar-refractivity contribution in [2.24, 2.45) is 11.3 Å². The fourth-order valence-corrected chi connectivity index (χ4v) is 8.74. The zero-order valence-corrected chi connectivity index (χ0v) is 33.5. The molecule has 2 aliphatic heterocycles. The number of carbonyl (C=O) groups excluding carboxylic acids is 6. The average molecular weight is 759 g/mol. The van der Waals surface area contributed by atoms with Crippen LogP contribution in [0.2, 0.25) is 0 Å². The van der Waals surface area contributed by atoms with E-state index in [4.69, 9.17) is 37.9 Å². The zero-order chi connectivity index (χ0) is 40.7. The van der Waals surface area contributed by atoms with E-state index in [1.165, 1.54) is 47.6 Å². The van der Waals surface area contributed by atoms with Crippen LogP contribution >= 0.6 is 0 Å². The summed E-state index contributed by atoms with van der Waals surface area (Å²) in [5.41, 5.74) is -2.26. The standard InChI is InChI=1S/C40H54O14/c1-14-19(2)33(49-23(6)43)20(3)27-17-28(47-21(4)41)32-35(34(27)50-24(7)44)54-39(12)16-15-29-40(13,37(39)36(32)51-25(8)45)31(48-22(5)42)18-30(52-29)38(10,11)53-26(9)46/h14,17,20,29-31,33,36-37H,15-16,18H2,1-13H3/b19-14+/t20-,29+,30+,31-,33+,36+,37-,39+,40+/m0/s1. The van der Waals surface area contributed by atoms with Gasteiger partial charge in [0.2, 0.25) is 0 Å². The molecule has 1 aromatic rings. The summed E-state index contributed by atoms with van der Waals surface area (Å²) in [6.07, 6.45) is -1.61. The van der Waals surface area contributed by atoms with E-state index >= 15 is 0 Å². The monoisotopic (exact) mass is 758 g/mol. The molecular formula is C40H54O14. The minimum Gasteiger partial charge on any atom is -0.483 e. The first-order valence-electron chi connectivity index (χ1n) is 18.2. The maximum absolute atomic E-state index is 13.1. The number of carbonyl (C=O) groups is 6. The molecule has 298 valence electrons. The van der Waals surface area contributed by atoms with Crippen molar-refractivity contribution in [1.82, 2.24) is 0 Å². The second-order valence-corrected chi connectivity index (χ2v) is 15.5. The van der Waals surface area contributed by atoms with Gasteiger partial charge in [0, 0.05) is 64.9 Å². The summed E-state index contributed by atoms with van der Waals surface area (Å²) in [6, 6.07) is 1.51. The van der Waals surface area contributed by atoms with Crippen LogP contribution in [0.1, 0.15) is 132 Å². The normalized spacial score (nSPS) is 28.7.